The topological polar surface area (TPSA) is 24.4 Å². The molecule has 0 amide bonds. The van der Waals surface area contributed by atoms with Gasteiger partial charge in [-0.3, -0.25) is 0 Å². The van der Waals surface area contributed by atoms with Crippen LogP contribution in [0.5, 0.6) is 0 Å². The first-order valence-corrected chi connectivity index (χ1v) is 7.53. The van der Waals surface area contributed by atoms with Gasteiger partial charge in [-0.2, -0.15) is 5.10 Å². The van der Waals surface area contributed by atoms with E-state index in [2.05, 4.69) is 49.6 Å². The van der Waals surface area contributed by atoms with Crippen LogP contribution in [0, 0.1) is 19.8 Å². The van der Waals surface area contributed by atoms with Gasteiger partial charge in [0.1, 0.15) is 0 Å². The van der Waals surface area contributed by atoms with Gasteiger partial charge in [0.15, 0.2) is 0 Å². The van der Waals surface area contributed by atoms with E-state index in [1.54, 1.807) is 0 Å². The molecule has 0 spiro atoms. The molecule has 2 nitrogen and oxygen atoms in total. The molecule has 1 aliphatic heterocycles. The molecule has 0 aromatic heterocycles. The van der Waals surface area contributed by atoms with Gasteiger partial charge >= 0.3 is 0 Å². The van der Waals surface area contributed by atoms with Crippen LogP contribution in [0.25, 0.3) is 0 Å². The molecule has 0 bridgehead atoms. The largest absolute Gasteiger partial charge is 0.302 e. The van der Waals surface area contributed by atoms with Crippen molar-refractivity contribution in [2.75, 3.05) is 0 Å². The Morgan fingerprint density at radius 2 is 2.15 bits per heavy atom. The summed E-state index contributed by atoms with van der Waals surface area (Å²) < 4.78 is 0. The molecule has 3 aliphatic rings. The van der Waals surface area contributed by atoms with Crippen LogP contribution in [0.3, 0.4) is 0 Å². The number of fused-ring (bicyclic) bond motifs is 3. The Kier molecular flexibility index (Phi) is 2.59. The number of allylic oxidation sites excluding steroid dienone is 3. The van der Waals surface area contributed by atoms with Gasteiger partial charge in [0.05, 0.1) is 11.8 Å². The number of nitrogens with one attached hydrogen (secondary N) is 1. The third-order valence-electron chi connectivity index (χ3n) is 4.88. The van der Waals surface area contributed by atoms with E-state index in [0.29, 0.717) is 12.0 Å². The van der Waals surface area contributed by atoms with Gasteiger partial charge < -0.3 is 5.43 Å². The highest BCUT2D eigenvalue weighted by Gasteiger charge is 2.38. The second-order valence-electron chi connectivity index (χ2n) is 6.23. The van der Waals surface area contributed by atoms with Crippen molar-refractivity contribution in [1.29, 1.82) is 0 Å². The lowest BCUT2D eigenvalue weighted by Crippen LogP contribution is -2.34. The Hall–Kier alpha value is -1.83. The zero-order valence-corrected chi connectivity index (χ0v) is 12.1. The SMILES string of the molecule is Cc1cc(C)c2c(c1)C1=NNC(C3=CC=CC3)C1CC2. The summed E-state index contributed by atoms with van der Waals surface area (Å²) in [5.74, 6) is 0.551. The van der Waals surface area contributed by atoms with Gasteiger partial charge in [0, 0.05) is 11.5 Å². The summed E-state index contributed by atoms with van der Waals surface area (Å²) in [6.45, 7) is 4.41. The second-order valence-corrected chi connectivity index (χ2v) is 6.23. The highest BCUT2D eigenvalue weighted by atomic mass is 15.3. The van der Waals surface area contributed by atoms with E-state index in [9.17, 15) is 0 Å². The Bertz CT molecular complexity index is 664. The number of benzene rings is 1. The van der Waals surface area contributed by atoms with E-state index in [4.69, 9.17) is 5.10 Å². The summed E-state index contributed by atoms with van der Waals surface area (Å²) in [5, 5.41) is 4.71. The van der Waals surface area contributed by atoms with Crippen LogP contribution in [0.15, 0.2) is 41.0 Å². The monoisotopic (exact) mass is 264 g/mol. The van der Waals surface area contributed by atoms with Gasteiger partial charge in [-0.05, 0) is 55.9 Å². The Labute approximate surface area is 120 Å². The van der Waals surface area contributed by atoms with Crippen molar-refractivity contribution in [1.82, 2.24) is 5.43 Å². The maximum absolute atomic E-state index is 4.71. The molecule has 2 heteroatoms. The second kappa shape index (κ2) is 4.34. The summed E-state index contributed by atoms with van der Waals surface area (Å²) in [4.78, 5) is 0. The van der Waals surface area contributed by atoms with E-state index in [1.165, 1.54) is 46.4 Å². The van der Waals surface area contributed by atoms with Crippen LogP contribution in [0.1, 0.15) is 35.1 Å². The first-order valence-electron chi connectivity index (χ1n) is 7.53. The van der Waals surface area contributed by atoms with Crippen molar-refractivity contribution in [3.63, 3.8) is 0 Å². The first-order chi connectivity index (χ1) is 9.74. The summed E-state index contributed by atoms with van der Waals surface area (Å²) in [5.41, 5.74) is 11.8. The number of hydrogen-bond donors (Lipinski definition) is 1. The number of hydrogen-bond acceptors (Lipinski definition) is 2. The molecule has 0 fully saturated rings. The first kappa shape index (κ1) is 12.0. The van der Waals surface area contributed by atoms with Crippen molar-refractivity contribution in [2.24, 2.45) is 11.0 Å². The van der Waals surface area contributed by atoms with Gasteiger partial charge in [-0.15, -0.1) is 0 Å². The number of hydrazone groups is 1. The molecular formula is C18H20N2. The van der Waals surface area contributed by atoms with Crippen molar-refractivity contribution in [3.8, 4) is 0 Å². The van der Waals surface area contributed by atoms with Crippen molar-refractivity contribution in [2.45, 2.75) is 39.2 Å². The zero-order chi connectivity index (χ0) is 13.7. The molecule has 2 aliphatic carbocycles. The molecule has 2 unspecified atom stereocenters. The molecule has 102 valence electrons. The Morgan fingerprint density at radius 3 is 2.95 bits per heavy atom. The fourth-order valence-corrected chi connectivity index (χ4v) is 3.93. The smallest absolute Gasteiger partial charge is 0.0740 e. The molecule has 2 atom stereocenters. The Balaban J connectivity index is 1.73. The van der Waals surface area contributed by atoms with Crippen LogP contribution < -0.4 is 5.43 Å². The van der Waals surface area contributed by atoms with Crippen LogP contribution in [-0.4, -0.2) is 11.8 Å². The summed E-state index contributed by atoms with van der Waals surface area (Å²) >= 11 is 0. The fraction of sp³-hybridized carbons (Fsp3) is 0.389. The van der Waals surface area contributed by atoms with Crippen molar-refractivity contribution >= 4 is 5.71 Å². The van der Waals surface area contributed by atoms with Crippen LogP contribution in [0.4, 0.5) is 0 Å². The molecule has 4 rings (SSSR count). The van der Waals surface area contributed by atoms with Crippen molar-refractivity contribution < 1.29 is 0 Å². The molecule has 0 saturated carbocycles. The standard InChI is InChI=1S/C18H20N2/c1-11-9-12(2)14-7-8-15-17(13-5-3-4-6-13)19-20-18(15)16(14)10-11/h3-5,9-10,15,17,19H,6-8H2,1-2H3. The van der Waals surface area contributed by atoms with E-state index in [-0.39, 0.29) is 0 Å². The van der Waals surface area contributed by atoms with Gasteiger partial charge in [0.2, 0.25) is 0 Å². The summed E-state index contributed by atoms with van der Waals surface area (Å²) in [6, 6.07) is 5.02. The minimum absolute atomic E-state index is 0.411. The maximum atomic E-state index is 4.71. The molecule has 1 aromatic carbocycles. The molecule has 1 heterocycles. The molecule has 1 aromatic rings. The molecule has 20 heavy (non-hydrogen) atoms. The predicted octanol–water partition coefficient (Wildman–Crippen LogP) is 3.43. The van der Waals surface area contributed by atoms with E-state index < -0.39 is 0 Å². The minimum Gasteiger partial charge on any atom is -0.302 e. The highest BCUT2D eigenvalue weighted by molar-refractivity contribution is 6.06. The van der Waals surface area contributed by atoms with E-state index in [0.717, 1.165) is 6.42 Å². The molecule has 1 N–H and O–H groups in total. The van der Waals surface area contributed by atoms with Gasteiger partial charge in [0.25, 0.3) is 0 Å². The normalized spacial score (nSPS) is 26.7. The quantitative estimate of drug-likeness (QED) is 0.825. The van der Waals surface area contributed by atoms with Crippen LogP contribution in [0.2, 0.25) is 0 Å². The van der Waals surface area contributed by atoms with Gasteiger partial charge in [-0.1, -0.05) is 29.9 Å². The average Bonchev–Trinajstić information content (AvgIpc) is 3.06. The van der Waals surface area contributed by atoms with Gasteiger partial charge in [-0.25, -0.2) is 0 Å². The summed E-state index contributed by atoms with van der Waals surface area (Å²) in [7, 11) is 0. The predicted molar refractivity (Wildman–Crippen MR) is 83.0 cm³/mol. The number of nitrogens with zero attached hydrogens (tertiary/aromatic N) is 1. The average molecular weight is 264 g/mol. The molecule has 0 radical (unpaired) electrons. The van der Waals surface area contributed by atoms with Crippen molar-refractivity contribution in [3.05, 3.63) is 58.2 Å². The van der Waals surface area contributed by atoms with Crippen LogP contribution >= 0.6 is 0 Å². The third-order valence-corrected chi connectivity index (χ3v) is 4.88. The van der Waals surface area contributed by atoms with E-state index in [1.807, 2.05) is 0 Å². The number of rotatable bonds is 1. The summed E-state index contributed by atoms with van der Waals surface area (Å²) in [6.07, 6.45) is 10.1. The highest BCUT2D eigenvalue weighted by Crippen LogP contribution is 2.36. The number of aryl methyl sites for hydroxylation is 2. The lowest BCUT2D eigenvalue weighted by atomic mass is 9.75. The maximum Gasteiger partial charge on any atom is 0.0740 e. The van der Waals surface area contributed by atoms with Crippen LogP contribution in [-0.2, 0) is 6.42 Å². The molecule has 0 saturated heterocycles. The third kappa shape index (κ3) is 1.67. The lowest BCUT2D eigenvalue weighted by molar-refractivity contribution is 0.495. The molecular weight excluding hydrogens is 244 g/mol. The zero-order valence-electron chi connectivity index (χ0n) is 12.1. The van der Waals surface area contributed by atoms with E-state index >= 15 is 0 Å². The lowest BCUT2D eigenvalue weighted by Gasteiger charge is -2.28. The Morgan fingerprint density at radius 1 is 1.25 bits per heavy atom. The fourth-order valence-electron chi connectivity index (χ4n) is 3.93. The minimum atomic E-state index is 0.411.